The Morgan fingerprint density at radius 1 is 1.27 bits per heavy atom. The SMILES string of the molecule is NCCNCCCCC1([SiH3])CCCCO1. The molecule has 4 heteroatoms. The Labute approximate surface area is 96.6 Å². The number of hydrogen-bond acceptors (Lipinski definition) is 3. The molecular weight excluding hydrogens is 204 g/mol. The zero-order chi connectivity index (χ0) is 11.0. The van der Waals surface area contributed by atoms with Crippen molar-refractivity contribution in [1.29, 1.82) is 0 Å². The van der Waals surface area contributed by atoms with Crippen molar-refractivity contribution >= 4 is 10.2 Å². The van der Waals surface area contributed by atoms with E-state index >= 15 is 0 Å². The molecule has 0 aliphatic carbocycles. The lowest BCUT2D eigenvalue weighted by molar-refractivity contribution is -0.0238. The van der Waals surface area contributed by atoms with Crippen molar-refractivity contribution in [3.8, 4) is 0 Å². The van der Waals surface area contributed by atoms with Crippen molar-refractivity contribution in [2.75, 3.05) is 26.2 Å². The summed E-state index contributed by atoms with van der Waals surface area (Å²) in [5.74, 6) is 0. The molecule has 0 amide bonds. The first-order chi connectivity index (χ1) is 7.27. The molecule has 0 spiro atoms. The summed E-state index contributed by atoms with van der Waals surface area (Å²) < 4.78 is 5.91. The van der Waals surface area contributed by atoms with Gasteiger partial charge in [0, 0.05) is 35.2 Å². The summed E-state index contributed by atoms with van der Waals surface area (Å²) in [6, 6.07) is 0. The van der Waals surface area contributed by atoms with Crippen molar-refractivity contribution in [2.45, 2.75) is 43.7 Å². The number of unbranched alkanes of at least 4 members (excludes halogenated alkanes) is 1. The molecule has 1 unspecified atom stereocenters. The van der Waals surface area contributed by atoms with Gasteiger partial charge in [0.15, 0.2) is 0 Å². The Kier molecular flexibility index (Phi) is 6.48. The number of hydrogen-bond donors (Lipinski definition) is 2. The molecule has 1 rings (SSSR count). The first-order valence-electron chi connectivity index (χ1n) is 6.32. The first kappa shape index (κ1) is 13.2. The van der Waals surface area contributed by atoms with Crippen LogP contribution in [0.5, 0.6) is 0 Å². The highest BCUT2D eigenvalue weighted by atomic mass is 28.1. The van der Waals surface area contributed by atoms with Gasteiger partial charge in [-0.15, -0.1) is 0 Å². The third-order valence-electron chi connectivity index (χ3n) is 3.18. The van der Waals surface area contributed by atoms with E-state index in [1.165, 1.54) is 48.8 Å². The summed E-state index contributed by atoms with van der Waals surface area (Å²) in [7, 11) is 1.19. The maximum atomic E-state index is 5.91. The molecular formula is C11H26N2OSi. The van der Waals surface area contributed by atoms with E-state index in [1.54, 1.807) is 0 Å². The molecule has 15 heavy (non-hydrogen) atoms. The highest BCUT2D eigenvalue weighted by molar-refractivity contribution is 6.14. The van der Waals surface area contributed by atoms with Gasteiger partial charge < -0.3 is 15.8 Å². The van der Waals surface area contributed by atoms with Crippen LogP contribution >= 0.6 is 0 Å². The van der Waals surface area contributed by atoms with E-state index in [4.69, 9.17) is 10.5 Å². The van der Waals surface area contributed by atoms with Crippen LogP contribution in [0.4, 0.5) is 0 Å². The average Bonchev–Trinajstić information content (AvgIpc) is 2.24. The third kappa shape index (κ3) is 5.66. The highest BCUT2D eigenvalue weighted by Gasteiger charge is 2.26. The number of nitrogens with two attached hydrogens (primary N) is 1. The molecule has 0 aromatic heterocycles. The fourth-order valence-corrected chi connectivity index (χ4v) is 3.08. The second-order valence-electron chi connectivity index (χ2n) is 4.75. The fourth-order valence-electron chi connectivity index (χ4n) is 2.16. The number of ether oxygens (including phenoxy) is 1. The van der Waals surface area contributed by atoms with Crippen LogP contribution in [-0.4, -0.2) is 41.7 Å². The Balaban J connectivity index is 1.98. The maximum absolute atomic E-state index is 5.91. The van der Waals surface area contributed by atoms with E-state index < -0.39 is 0 Å². The van der Waals surface area contributed by atoms with Gasteiger partial charge in [0.05, 0.1) is 0 Å². The molecule has 1 atom stereocenters. The molecule has 3 N–H and O–H groups in total. The lowest BCUT2D eigenvalue weighted by Crippen LogP contribution is -2.36. The molecule has 0 aromatic rings. The van der Waals surface area contributed by atoms with Crippen molar-refractivity contribution < 1.29 is 4.74 Å². The van der Waals surface area contributed by atoms with Gasteiger partial charge in [-0.1, -0.05) is 0 Å². The van der Waals surface area contributed by atoms with Crippen LogP contribution in [-0.2, 0) is 4.74 Å². The largest absolute Gasteiger partial charge is 0.380 e. The molecule has 0 bridgehead atoms. The highest BCUT2D eigenvalue weighted by Crippen LogP contribution is 2.26. The minimum atomic E-state index is 0.312. The van der Waals surface area contributed by atoms with Crippen LogP contribution in [0.3, 0.4) is 0 Å². The summed E-state index contributed by atoms with van der Waals surface area (Å²) in [6.45, 7) is 3.79. The maximum Gasteiger partial charge on any atom is 0.0486 e. The van der Waals surface area contributed by atoms with E-state index in [-0.39, 0.29) is 0 Å². The molecule has 1 fully saturated rings. The molecule has 0 radical (unpaired) electrons. The van der Waals surface area contributed by atoms with E-state index in [1.807, 2.05) is 0 Å². The van der Waals surface area contributed by atoms with Crippen LogP contribution in [0.15, 0.2) is 0 Å². The van der Waals surface area contributed by atoms with Gasteiger partial charge in [-0.3, -0.25) is 0 Å². The molecule has 0 saturated carbocycles. The van der Waals surface area contributed by atoms with Crippen molar-refractivity contribution in [1.82, 2.24) is 5.32 Å². The van der Waals surface area contributed by atoms with Gasteiger partial charge in [0.25, 0.3) is 0 Å². The van der Waals surface area contributed by atoms with Crippen LogP contribution in [0.2, 0.25) is 0 Å². The minimum absolute atomic E-state index is 0.312. The van der Waals surface area contributed by atoms with Crippen LogP contribution in [0.25, 0.3) is 0 Å². The lowest BCUT2D eigenvalue weighted by atomic mass is 10.0. The van der Waals surface area contributed by atoms with Gasteiger partial charge in [0.2, 0.25) is 0 Å². The van der Waals surface area contributed by atoms with Gasteiger partial charge >= 0.3 is 0 Å². The molecule has 90 valence electrons. The summed E-state index contributed by atoms with van der Waals surface area (Å²) in [5, 5.41) is 3.64. The average molecular weight is 230 g/mol. The summed E-state index contributed by atoms with van der Waals surface area (Å²) >= 11 is 0. The molecule has 1 aliphatic rings. The van der Waals surface area contributed by atoms with Crippen molar-refractivity contribution in [3.05, 3.63) is 0 Å². The van der Waals surface area contributed by atoms with Gasteiger partial charge in [-0.25, -0.2) is 0 Å². The van der Waals surface area contributed by atoms with Crippen molar-refractivity contribution in [3.63, 3.8) is 0 Å². The topological polar surface area (TPSA) is 47.3 Å². The number of nitrogens with one attached hydrogen (secondary N) is 1. The zero-order valence-corrected chi connectivity index (χ0v) is 12.1. The monoisotopic (exact) mass is 230 g/mol. The van der Waals surface area contributed by atoms with Crippen LogP contribution < -0.4 is 11.1 Å². The Morgan fingerprint density at radius 3 is 2.80 bits per heavy atom. The number of rotatable bonds is 7. The van der Waals surface area contributed by atoms with Crippen LogP contribution in [0, 0.1) is 0 Å². The van der Waals surface area contributed by atoms with Gasteiger partial charge in [-0.2, -0.15) is 0 Å². The Bertz CT molecular complexity index is 161. The fraction of sp³-hybridized carbons (Fsp3) is 1.00. The molecule has 1 aliphatic heterocycles. The second-order valence-corrected chi connectivity index (χ2v) is 6.57. The molecule has 3 nitrogen and oxygen atoms in total. The normalized spacial score (nSPS) is 27.0. The Morgan fingerprint density at radius 2 is 2.13 bits per heavy atom. The predicted octanol–water partition coefficient (Wildman–Crippen LogP) is -0.0328. The molecule has 1 heterocycles. The summed E-state index contributed by atoms with van der Waals surface area (Å²) in [5.41, 5.74) is 5.40. The lowest BCUT2D eigenvalue weighted by Gasteiger charge is -2.34. The third-order valence-corrected chi connectivity index (χ3v) is 4.47. The second kappa shape index (κ2) is 7.38. The quantitative estimate of drug-likeness (QED) is 0.477. The smallest absolute Gasteiger partial charge is 0.0486 e. The Hall–Kier alpha value is 0.0969. The summed E-state index contributed by atoms with van der Waals surface area (Å²) in [4.78, 5) is 0. The van der Waals surface area contributed by atoms with Gasteiger partial charge in [-0.05, 0) is 45.1 Å². The van der Waals surface area contributed by atoms with E-state index in [0.717, 1.165) is 26.2 Å². The first-order valence-corrected chi connectivity index (χ1v) is 7.32. The predicted molar refractivity (Wildman–Crippen MR) is 68.2 cm³/mol. The zero-order valence-electron chi connectivity index (χ0n) is 10.1. The van der Waals surface area contributed by atoms with Gasteiger partial charge in [0.1, 0.15) is 0 Å². The minimum Gasteiger partial charge on any atom is -0.380 e. The molecule has 1 saturated heterocycles. The standard InChI is InChI=1S/C11H26N2OSi/c12-7-9-13-8-3-1-5-11(15)6-2-4-10-14-11/h13H,1-10,12H2,15H3. The van der Waals surface area contributed by atoms with Crippen molar-refractivity contribution in [2.24, 2.45) is 5.73 Å². The van der Waals surface area contributed by atoms with E-state index in [2.05, 4.69) is 5.32 Å². The van der Waals surface area contributed by atoms with Crippen LogP contribution in [0.1, 0.15) is 38.5 Å². The molecule has 0 aromatic carbocycles. The van der Waals surface area contributed by atoms with E-state index in [0.29, 0.717) is 5.22 Å². The van der Waals surface area contributed by atoms with E-state index in [9.17, 15) is 0 Å². The summed E-state index contributed by atoms with van der Waals surface area (Å²) in [6.07, 6.45) is 7.75.